The number of aromatic hydroxyl groups is 1. The van der Waals surface area contributed by atoms with Gasteiger partial charge in [-0.3, -0.25) is 15.0 Å². The summed E-state index contributed by atoms with van der Waals surface area (Å²) in [6.45, 7) is 9.28. The SMILES string of the molecule is C=C(C)C[C@@H](c1cc([N+](=O)[O-])cc(Br)c1O)N1CCNCC1. The van der Waals surface area contributed by atoms with E-state index in [0.29, 0.717) is 16.5 Å². The molecule has 2 rings (SSSR count). The summed E-state index contributed by atoms with van der Waals surface area (Å²) in [6.07, 6.45) is 0.654. The predicted molar refractivity (Wildman–Crippen MR) is 89.1 cm³/mol. The highest BCUT2D eigenvalue weighted by atomic mass is 79.9. The maximum atomic E-state index is 11.1. The van der Waals surface area contributed by atoms with Crippen LogP contribution in [0.3, 0.4) is 0 Å². The number of hydrogen-bond donors (Lipinski definition) is 2. The van der Waals surface area contributed by atoms with Crippen LogP contribution in [0.4, 0.5) is 5.69 Å². The molecule has 0 saturated carbocycles. The van der Waals surface area contributed by atoms with Gasteiger partial charge in [0, 0.05) is 49.9 Å². The average molecular weight is 370 g/mol. The molecule has 22 heavy (non-hydrogen) atoms. The second-order valence-electron chi connectivity index (χ2n) is 5.59. The fraction of sp³-hybridized carbons (Fsp3) is 0.467. The van der Waals surface area contributed by atoms with Gasteiger partial charge in [0.2, 0.25) is 0 Å². The quantitative estimate of drug-likeness (QED) is 0.473. The van der Waals surface area contributed by atoms with E-state index < -0.39 is 4.92 Å². The Balaban J connectivity index is 2.45. The van der Waals surface area contributed by atoms with Crippen molar-refractivity contribution in [1.82, 2.24) is 10.2 Å². The molecule has 0 unspecified atom stereocenters. The molecule has 0 aromatic heterocycles. The lowest BCUT2D eigenvalue weighted by Gasteiger charge is -2.35. The van der Waals surface area contributed by atoms with Crippen LogP contribution in [0.25, 0.3) is 0 Å². The van der Waals surface area contributed by atoms with Crippen molar-refractivity contribution in [2.75, 3.05) is 26.2 Å². The number of phenolic OH excluding ortho intramolecular Hbond substituents is 1. The Hall–Kier alpha value is -1.44. The Morgan fingerprint density at radius 3 is 2.73 bits per heavy atom. The third-order valence-corrected chi connectivity index (χ3v) is 4.39. The van der Waals surface area contributed by atoms with E-state index >= 15 is 0 Å². The Bertz CT molecular complexity index is 586. The molecule has 2 N–H and O–H groups in total. The number of nitrogens with one attached hydrogen (secondary N) is 1. The molecule has 1 aliphatic rings. The zero-order chi connectivity index (χ0) is 16.3. The first-order chi connectivity index (χ1) is 10.4. The smallest absolute Gasteiger partial charge is 0.271 e. The van der Waals surface area contributed by atoms with Crippen LogP contribution in [0.2, 0.25) is 0 Å². The van der Waals surface area contributed by atoms with Crippen LogP contribution in [0.15, 0.2) is 28.8 Å². The minimum Gasteiger partial charge on any atom is -0.506 e. The standard InChI is InChI=1S/C15H20BrN3O3/c1-10(2)7-14(18-5-3-17-4-6-18)12-8-11(19(21)22)9-13(16)15(12)20/h8-9,14,17,20H,1,3-7H2,2H3/t14-/m0/s1. The number of non-ortho nitro benzene ring substituents is 1. The van der Waals surface area contributed by atoms with Crippen LogP contribution in [0, 0.1) is 10.1 Å². The number of rotatable bonds is 5. The lowest BCUT2D eigenvalue weighted by atomic mass is 9.96. The summed E-state index contributed by atoms with van der Waals surface area (Å²) in [7, 11) is 0. The molecule has 0 aliphatic carbocycles. The number of halogens is 1. The highest BCUT2D eigenvalue weighted by Gasteiger charge is 2.27. The van der Waals surface area contributed by atoms with Crippen molar-refractivity contribution in [3.63, 3.8) is 0 Å². The van der Waals surface area contributed by atoms with Crippen LogP contribution in [0.1, 0.15) is 24.9 Å². The number of benzene rings is 1. The second-order valence-corrected chi connectivity index (χ2v) is 6.44. The molecule has 120 valence electrons. The monoisotopic (exact) mass is 369 g/mol. The van der Waals surface area contributed by atoms with Crippen LogP contribution >= 0.6 is 15.9 Å². The zero-order valence-corrected chi connectivity index (χ0v) is 14.1. The van der Waals surface area contributed by atoms with E-state index in [1.807, 2.05) is 6.92 Å². The fourth-order valence-electron chi connectivity index (χ4n) is 2.72. The van der Waals surface area contributed by atoms with Crippen molar-refractivity contribution >= 4 is 21.6 Å². The van der Waals surface area contributed by atoms with Crippen LogP contribution in [-0.4, -0.2) is 41.1 Å². The number of hydrogen-bond acceptors (Lipinski definition) is 5. The van der Waals surface area contributed by atoms with Crippen molar-refractivity contribution in [1.29, 1.82) is 0 Å². The number of nitrogens with zero attached hydrogens (tertiary/aromatic N) is 2. The van der Waals surface area contributed by atoms with Gasteiger partial charge in [-0.05, 0) is 29.3 Å². The molecule has 1 aromatic rings. The molecule has 0 bridgehead atoms. The summed E-state index contributed by atoms with van der Waals surface area (Å²) < 4.78 is 0.346. The van der Waals surface area contributed by atoms with Gasteiger partial charge in [-0.15, -0.1) is 6.58 Å². The van der Waals surface area contributed by atoms with E-state index in [1.165, 1.54) is 12.1 Å². The number of phenols is 1. The van der Waals surface area contributed by atoms with Gasteiger partial charge in [-0.1, -0.05) is 5.57 Å². The topological polar surface area (TPSA) is 78.6 Å². The molecule has 0 spiro atoms. The summed E-state index contributed by atoms with van der Waals surface area (Å²) in [5.74, 6) is 0.0652. The van der Waals surface area contributed by atoms with E-state index in [0.717, 1.165) is 31.8 Å². The van der Waals surface area contributed by atoms with Crippen LogP contribution in [-0.2, 0) is 0 Å². The molecular weight excluding hydrogens is 350 g/mol. The predicted octanol–water partition coefficient (Wildman–Crippen LogP) is 2.98. The molecule has 1 heterocycles. The van der Waals surface area contributed by atoms with E-state index in [2.05, 4.69) is 32.7 Å². The molecular formula is C15H20BrN3O3. The zero-order valence-electron chi connectivity index (χ0n) is 12.5. The van der Waals surface area contributed by atoms with E-state index in [9.17, 15) is 15.2 Å². The minimum absolute atomic E-state index is 0.0264. The summed E-state index contributed by atoms with van der Waals surface area (Å²) in [6, 6.07) is 2.68. The van der Waals surface area contributed by atoms with Crippen molar-refractivity contribution < 1.29 is 10.0 Å². The lowest BCUT2D eigenvalue weighted by Crippen LogP contribution is -2.45. The molecule has 1 saturated heterocycles. The van der Waals surface area contributed by atoms with Gasteiger partial charge in [0.05, 0.1) is 9.40 Å². The maximum Gasteiger partial charge on any atom is 0.271 e. The Labute approximate surface area is 138 Å². The van der Waals surface area contributed by atoms with Gasteiger partial charge in [0.25, 0.3) is 5.69 Å². The summed E-state index contributed by atoms with van der Waals surface area (Å²) in [5.41, 5.74) is 1.53. The first-order valence-electron chi connectivity index (χ1n) is 7.16. The van der Waals surface area contributed by atoms with Gasteiger partial charge >= 0.3 is 0 Å². The fourth-order valence-corrected chi connectivity index (χ4v) is 3.19. The number of nitro groups is 1. The maximum absolute atomic E-state index is 11.1. The van der Waals surface area contributed by atoms with Gasteiger partial charge in [-0.2, -0.15) is 0 Å². The van der Waals surface area contributed by atoms with Crippen LogP contribution in [0.5, 0.6) is 5.75 Å². The highest BCUT2D eigenvalue weighted by Crippen LogP contribution is 2.40. The minimum atomic E-state index is -0.441. The highest BCUT2D eigenvalue weighted by molar-refractivity contribution is 9.10. The Morgan fingerprint density at radius 1 is 1.55 bits per heavy atom. The third kappa shape index (κ3) is 3.85. The van der Waals surface area contributed by atoms with E-state index in [1.54, 1.807) is 0 Å². The van der Waals surface area contributed by atoms with Crippen molar-refractivity contribution in [2.24, 2.45) is 0 Å². The molecule has 1 atom stereocenters. The largest absolute Gasteiger partial charge is 0.506 e. The molecule has 6 nitrogen and oxygen atoms in total. The molecule has 0 radical (unpaired) electrons. The average Bonchev–Trinajstić information content (AvgIpc) is 2.48. The van der Waals surface area contributed by atoms with Gasteiger partial charge in [0.1, 0.15) is 5.75 Å². The van der Waals surface area contributed by atoms with E-state index in [-0.39, 0.29) is 17.5 Å². The Kier molecular flexibility index (Phi) is 5.55. The molecule has 7 heteroatoms. The Morgan fingerprint density at radius 2 is 2.18 bits per heavy atom. The number of piperazine rings is 1. The number of nitro benzene ring substituents is 1. The molecule has 1 fully saturated rings. The summed E-state index contributed by atoms with van der Waals surface area (Å²) >= 11 is 3.22. The van der Waals surface area contributed by atoms with Gasteiger partial charge in [-0.25, -0.2) is 0 Å². The molecule has 1 aliphatic heterocycles. The van der Waals surface area contributed by atoms with Crippen molar-refractivity contribution in [3.05, 3.63) is 44.4 Å². The summed E-state index contributed by atoms with van der Waals surface area (Å²) in [4.78, 5) is 12.9. The van der Waals surface area contributed by atoms with Gasteiger partial charge in [0.15, 0.2) is 0 Å². The third-order valence-electron chi connectivity index (χ3n) is 3.78. The first-order valence-corrected chi connectivity index (χ1v) is 7.95. The molecule has 1 aromatic carbocycles. The van der Waals surface area contributed by atoms with E-state index in [4.69, 9.17) is 0 Å². The van der Waals surface area contributed by atoms with Crippen molar-refractivity contribution in [3.8, 4) is 5.75 Å². The molecule has 0 amide bonds. The van der Waals surface area contributed by atoms with Crippen LogP contribution < -0.4 is 5.32 Å². The first kappa shape index (κ1) is 16.9. The normalized spacial score (nSPS) is 17.2. The second kappa shape index (κ2) is 7.21. The van der Waals surface area contributed by atoms with Crippen molar-refractivity contribution in [2.45, 2.75) is 19.4 Å². The summed E-state index contributed by atoms with van der Waals surface area (Å²) in [5, 5.41) is 24.8. The lowest BCUT2D eigenvalue weighted by molar-refractivity contribution is -0.385. The van der Waals surface area contributed by atoms with Gasteiger partial charge < -0.3 is 10.4 Å².